The number of rotatable bonds is 5. The highest BCUT2D eigenvalue weighted by atomic mass is 32.1. The zero-order valence-electron chi connectivity index (χ0n) is 18.1. The van der Waals surface area contributed by atoms with Crippen molar-refractivity contribution in [2.24, 2.45) is 16.7 Å². The molecule has 2 bridgehead atoms. The summed E-state index contributed by atoms with van der Waals surface area (Å²) in [5.41, 5.74) is 0.521. The summed E-state index contributed by atoms with van der Waals surface area (Å²) in [6.07, 6.45) is 1.43. The molecule has 164 valence electrons. The summed E-state index contributed by atoms with van der Waals surface area (Å²) in [6, 6.07) is 6.03. The number of anilines is 1. The lowest BCUT2D eigenvalue weighted by Crippen LogP contribution is -2.59. The molecule has 2 atom stereocenters. The highest BCUT2D eigenvalue weighted by Crippen LogP contribution is 2.60. The molecule has 1 aromatic heterocycles. The molecular weight excluding hydrogens is 417 g/mol. The second-order valence-corrected chi connectivity index (χ2v) is 10.4. The van der Waals surface area contributed by atoms with Crippen LogP contribution in [0.25, 0.3) is 11.3 Å². The van der Waals surface area contributed by atoms with Crippen molar-refractivity contribution in [1.82, 2.24) is 9.88 Å². The van der Waals surface area contributed by atoms with E-state index in [2.05, 4.69) is 10.3 Å². The normalized spacial score (nSPS) is 24.5. The Morgan fingerprint density at radius 3 is 2.61 bits per heavy atom. The Morgan fingerprint density at radius 2 is 1.94 bits per heavy atom. The molecule has 2 fully saturated rings. The molecule has 2 heterocycles. The number of amides is 3. The Labute approximate surface area is 184 Å². The number of hydrogen-bond acceptors (Lipinski definition) is 5. The van der Waals surface area contributed by atoms with Gasteiger partial charge in [-0.05, 0) is 49.4 Å². The van der Waals surface area contributed by atoms with Crippen molar-refractivity contribution in [2.45, 2.75) is 47.0 Å². The molecule has 0 spiro atoms. The Morgan fingerprint density at radius 1 is 1.26 bits per heavy atom. The second kappa shape index (κ2) is 7.51. The van der Waals surface area contributed by atoms with E-state index in [1.165, 1.54) is 28.4 Å². The zero-order chi connectivity index (χ0) is 22.6. The number of piperidine rings is 1. The van der Waals surface area contributed by atoms with Crippen molar-refractivity contribution >= 4 is 34.2 Å². The van der Waals surface area contributed by atoms with Gasteiger partial charge in [-0.1, -0.05) is 20.8 Å². The predicted molar refractivity (Wildman–Crippen MR) is 117 cm³/mol. The summed E-state index contributed by atoms with van der Waals surface area (Å²) in [5.74, 6) is -1.15. The number of benzene rings is 1. The van der Waals surface area contributed by atoms with E-state index in [0.29, 0.717) is 23.7 Å². The average molecular weight is 444 g/mol. The Balaban J connectivity index is 1.41. The van der Waals surface area contributed by atoms with E-state index in [1.807, 2.05) is 27.7 Å². The van der Waals surface area contributed by atoms with Crippen molar-refractivity contribution < 1.29 is 18.8 Å². The van der Waals surface area contributed by atoms with Gasteiger partial charge < -0.3 is 5.32 Å². The SMILES string of the molecule is Cc1sc(NC(=O)CCN2C(=O)C3CCC(C)(C2=O)C3(C)C)nc1-c1ccc(F)cc1. The molecule has 2 unspecified atom stereocenters. The van der Waals surface area contributed by atoms with E-state index >= 15 is 0 Å². The van der Waals surface area contributed by atoms with Crippen LogP contribution in [-0.2, 0) is 14.4 Å². The molecule has 4 rings (SSSR count). The van der Waals surface area contributed by atoms with Crippen molar-refractivity contribution in [3.8, 4) is 11.3 Å². The topological polar surface area (TPSA) is 79.4 Å². The van der Waals surface area contributed by atoms with Gasteiger partial charge >= 0.3 is 0 Å². The van der Waals surface area contributed by atoms with Crippen LogP contribution in [-0.4, -0.2) is 34.2 Å². The first-order valence-electron chi connectivity index (χ1n) is 10.4. The summed E-state index contributed by atoms with van der Waals surface area (Å²) in [6.45, 7) is 7.88. The fraction of sp³-hybridized carbons (Fsp3) is 0.478. The van der Waals surface area contributed by atoms with E-state index in [0.717, 1.165) is 10.4 Å². The third-order valence-electron chi connectivity index (χ3n) is 7.23. The summed E-state index contributed by atoms with van der Waals surface area (Å²) < 4.78 is 13.2. The fourth-order valence-electron chi connectivity index (χ4n) is 4.83. The lowest BCUT2D eigenvalue weighted by Gasteiger charge is -2.47. The van der Waals surface area contributed by atoms with Crippen LogP contribution >= 0.6 is 11.3 Å². The molecule has 1 N–H and O–H groups in total. The number of nitrogens with one attached hydrogen (secondary N) is 1. The maximum absolute atomic E-state index is 13.2. The summed E-state index contributed by atoms with van der Waals surface area (Å²) >= 11 is 1.33. The molecule has 1 aliphatic carbocycles. The molecule has 2 aromatic rings. The molecule has 31 heavy (non-hydrogen) atoms. The van der Waals surface area contributed by atoms with Gasteiger partial charge in [0.15, 0.2) is 5.13 Å². The van der Waals surface area contributed by atoms with Crippen LogP contribution < -0.4 is 5.32 Å². The van der Waals surface area contributed by atoms with Crippen LogP contribution in [0.1, 0.15) is 44.9 Å². The third-order valence-corrected chi connectivity index (χ3v) is 8.12. The predicted octanol–water partition coefficient (Wildman–Crippen LogP) is 4.40. The van der Waals surface area contributed by atoms with Gasteiger partial charge in [0.25, 0.3) is 0 Å². The average Bonchev–Trinajstić information content (AvgIpc) is 3.15. The number of halogens is 1. The monoisotopic (exact) mass is 443 g/mol. The number of aromatic nitrogens is 1. The number of imide groups is 1. The van der Waals surface area contributed by atoms with E-state index < -0.39 is 5.41 Å². The number of hydrogen-bond donors (Lipinski definition) is 1. The van der Waals surface area contributed by atoms with Gasteiger partial charge in [-0.15, -0.1) is 11.3 Å². The second-order valence-electron chi connectivity index (χ2n) is 9.17. The first kappa shape index (κ1) is 21.6. The highest BCUT2D eigenvalue weighted by Gasteiger charge is 2.64. The molecule has 1 aliphatic heterocycles. The maximum atomic E-state index is 13.2. The Kier molecular flexibility index (Phi) is 5.24. The zero-order valence-corrected chi connectivity index (χ0v) is 18.9. The lowest BCUT2D eigenvalue weighted by atomic mass is 9.62. The number of carbonyl (C=O) groups is 3. The van der Waals surface area contributed by atoms with Crippen molar-refractivity contribution in [1.29, 1.82) is 0 Å². The summed E-state index contributed by atoms with van der Waals surface area (Å²) in [5, 5.41) is 3.20. The van der Waals surface area contributed by atoms with Gasteiger partial charge in [-0.3, -0.25) is 19.3 Å². The first-order valence-corrected chi connectivity index (χ1v) is 11.3. The number of nitrogens with zero attached hydrogens (tertiary/aromatic N) is 2. The molecule has 1 saturated heterocycles. The van der Waals surface area contributed by atoms with Crippen LogP contribution in [0.4, 0.5) is 9.52 Å². The number of fused-ring (bicyclic) bond motifs is 2. The minimum atomic E-state index is -0.571. The van der Waals surface area contributed by atoms with Crippen LogP contribution in [0.15, 0.2) is 24.3 Å². The summed E-state index contributed by atoms with van der Waals surface area (Å²) in [7, 11) is 0. The standard InChI is InChI=1S/C23H26FN3O3S/c1-13-18(14-5-7-15(24)8-6-14)26-21(31-13)25-17(28)10-12-27-19(29)16-9-11-23(4,20(27)30)22(16,2)3/h5-8,16H,9-12H2,1-4H3,(H,25,26,28). The quantitative estimate of drug-likeness (QED) is 0.695. The highest BCUT2D eigenvalue weighted by molar-refractivity contribution is 7.16. The van der Waals surface area contributed by atoms with Crippen molar-refractivity contribution in [2.75, 3.05) is 11.9 Å². The Hall–Kier alpha value is -2.61. The van der Waals surface area contributed by atoms with Gasteiger partial charge in [0.2, 0.25) is 17.7 Å². The maximum Gasteiger partial charge on any atom is 0.235 e. The number of carbonyl (C=O) groups excluding carboxylic acids is 3. The van der Waals surface area contributed by atoms with E-state index in [1.54, 1.807) is 12.1 Å². The van der Waals surface area contributed by atoms with E-state index in [-0.39, 0.29) is 47.8 Å². The lowest BCUT2D eigenvalue weighted by molar-refractivity contribution is -0.167. The van der Waals surface area contributed by atoms with Crippen molar-refractivity contribution in [3.05, 3.63) is 35.0 Å². The van der Waals surface area contributed by atoms with Gasteiger partial charge in [-0.25, -0.2) is 9.37 Å². The number of thiazole rings is 1. The van der Waals surface area contributed by atoms with Crippen LogP contribution in [0, 0.1) is 29.5 Å². The smallest absolute Gasteiger partial charge is 0.235 e. The molecule has 1 saturated carbocycles. The molecule has 3 amide bonds. The molecule has 2 aliphatic rings. The van der Waals surface area contributed by atoms with Gasteiger partial charge in [-0.2, -0.15) is 0 Å². The molecule has 6 nitrogen and oxygen atoms in total. The number of likely N-dealkylation sites (tertiary alicyclic amines) is 1. The molecule has 1 aromatic carbocycles. The van der Waals surface area contributed by atoms with Crippen LogP contribution in [0.5, 0.6) is 0 Å². The van der Waals surface area contributed by atoms with Crippen LogP contribution in [0.3, 0.4) is 0 Å². The first-order chi connectivity index (χ1) is 14.5. The van der Waals surface area contributed by atoms with Gasteiger partial charge in [0, 0.05) is 29.3 Å². The molecular formula is C23H26FN3O3S. The number of aryl methyl sites for hydroxylation is 1. The van der Waals surface area contributed by atoms with Crippen molar-refractivity contribution in [3.63, 3.8) is 0 Å². The van der Waals surface area contributed by atoms with Gasteiger partial charge in [0.05, 0.1) is 11.1 Å². The fourth-order valence-corrected chi connectivity index (χ4v) is 5.69. The minimum Gasteiger partial charge on any atom is -0.302 e. The van der Waals surface area contributed by atoms with Crippen LogP contribution in [0.2, 0.25) is 0 Å². The molecule has 8 heteroatoms. The minimum absolute atomic E-state index is 0.0191. The van der Waals surface area contributed by atoms with E-state index in [4.69, 9.17) is 0 Å². The Bertz CT molecular complexity index is 1060. The van der Waals surface area contributed by atoms with E-state index in [9.17, 15) is 18.8 Å². The third kappa shape index (κ3) is 3.46. The van der Waals surface area contributed by atoms with Gasteiger partial charge in [0.1, 0.15) is 5.82 Å². The largest absolute Gasteiger partial charge is 0.302 e. The molecule has 0 radical (unpaired) electrons. The summed E-state index contributed by atoms with van der Waals surface area (Å²) in [4.78, 5) is 45.1.